The monoisotopic (exact) mass is 272 g/mol. The fourth-order valence-electron chi connectivity index (χ4n) is 1.16. The van der Waals surface area contributed by atoms with Gasteiger partial charge in [0.1, 0.15) is 0 Å². The zero-order chi connectivity index (χ0) is 15.9. The summed E-state index contributed by atoms with van der Waals surface area (Å²) in [5.74, 6) is -1.21. The third kappa shape index (κ3) is 3.26. The number of carboxylic acid groups (broad SMARTS) is 1. The summed E-state index contributed by atoms with van der Waals surface area (Å²) >= 11 is 0. The van der Waals surface area contributed by atoms with Crippen molar-refractivity contribution in [1.29, 1.82) is 0 Å². The quantitative estimate of drug-likeness (QED) is 0.711. The number of rotatable bonds is 5. The number of amides is 1. The topological polar surface area (TPSA) is 92.4 Å². The van der Waals surface area contributed by atoms with Crippen LogP contribution in [0.2, 0.25) is 0 Å². The van der Waals surface area contributed by atoms with Crippen LogP contribution in [0.3, 0.4) is 0 Å². The fourth-order valence-corrected chi connectivity index (χ4v) is 1.16. The first kappa shape index (κ1) is 17.9. The molecular weight excluding hydrogens is 244 g/mol. The minimum atomic E-state index is -1.09. The molecule has 0 rings (SSSR count). The van der Waals surface area contributed by atoms with Crippen molar-refractivity contribution in [2.45, 2.75) is 66.5 Å². The van der Waals surface area contributed by atoms with Crippen LogP contribution in [0.15, 0.2) is 0 Å². The number of aliphatic carboxylic acids is 1. The zero-order valence-electron chi connectivity index (χ0n) is 13.3. The Bertz CT molecular complexity index is 377. The van der Waals surface area contributed by atoms with Crippen molar-refractivity contribution in [3.05, 3.63) is 0 Å². The number of hydrogen-bond donors (Lipinski definition) is 3. The minimum absolute atomic E-state index is 0.251. The van der Waals surface area contributed by atoms with Gasteiger partial charge >= 0.3 is 5.97 Å². The second-order valence-corrected chi connectivity index (χ2v) is 7.36. The Morgan fingerprint density at radius 2 is 1.26 bits per heavy atom. The van der Waals surface area contributed by atoms with Crippen LogP contribution in [0.5, 0.6) is 0 Å². The lowest BCUT2D eigenvalue weighted by Crippen LogP contribution is -2.63. The highest BCUT2D eigenvalue weighted by molar-refractivity contribution is 5.85. The number of hydrogen-bond acceptors (Lipinski definition) is 3. The van der Waals surface area contributed by atoms with Crippen LogP contribution in [-0.2, 0) is 9.59 Å². The van der Waals surface area contributed by atoms with Crippen molar-refractivity contribution >= 4 is 11.9 Å². The van der Waals surface area contributed by atoms with Gasteiger partial charge in [0, 0.05) is 11.1 Å². The molecule has 0 unspecified atom stereocenters. The van der Waals surface area contributed by atoms with Gasteiger partial charge in [-0.2, -0.15) is 0 Å². The summed E-state index contributed by atoms with van der Waals surface area (Å²) in [6.45, 7) is 13.7. The summed E-state index contributed by atoms with van der Waals surface area (Å²) in [5.41, 5.74) is 2.53. The molecule has 0 radical (unpaired) electrons. The summed E-state index contributed by atoms with van der Waals surface area (Å²) in [4.78, 5) is 23.7. The molecule has 0 spiro atoms. The van der Waals surface area contributed by atoms with Crippen LogP contribution in [0.25, 0.3) is 0 Å². The Balaban J connectivity index is 5.28. The van der Waals surface area contributed by atoms with Gasteiger partial charge in [-0.1, -0.05) is 0 Å². The number of nitrogens with one attached hydrogen (secondary N) is 1. The van der Waals surface area contributed by atoms with Crippen molar-refractivity contribution in [2.75, 3.05) is 0 Å². The molecular formula is C14H28N2O3. The van der Waals surface area contributed by atoms with E-state index < -0.39 is 27.9 Å². The van der Waals surface area contributed by atoms with Gasteiger partial charge in [0.15, 0.2) is 0 Å². The predicted octanol–water partition coefficient (Wildman–Crippen LogP) is 1.76. The van der Waals surface area contributed by atoms with Gasteiger partial charge in [0.25, 0.3) is 0 Å². The van der Waals surface area contributed by atoms with E-state index in [2.05, 4.69) is 5.32 Å². The fraction of sp³-hybridized carbons (Fsp3) is 0.857. The second kappa shape index (κ2) is 4.78. The molecule has 0 aromatic carbocycles. The maximum Gasteiger partial charge on any atom is 0.311 e. The first-order valence-corrected chi connectivity index (χ1v) is 6.42. The summed E-state index contributed by atoms with van der Waals surface area (Å²) in [6.07, 6.45) is 0. The summed E-state index contributed by atoms with van der Waals surface area (Å²) in [5, 5.41) is 12.1. The lowest BCUT2D eigenvalue weighted by molar-refractivity contribution is -0.152. The van der Waals surface area contributed by atoms with Crippen LogP contribution in [0.1, 0.15) is 55.4 Å². The van der Waals surface area contributed by atoms with E-state index in [1.54, 1.807) is 55.4 Å². The average molecular weight is 272 g/mol. The third-order valence-corrected chi connectivity index (χ3v) is 4.70. The molecule has 0 saturated heterocycles. The summed E-state index contributed by atoms with van der Waals surface area (Å²) in [6, 6.07) is 0. The van der Waals surface area contributed by atoms with E-state index in [0.29, 0.717) is 0 Å². The minimum Gasteiger partial charge on any atom is -0.481 e. The molecule has 0 bridgehead atoms. The maximum absolute atomic E-state index is 12.4. The second-order valence-electron chi connectivity index (χ2n) is 7.36. The molecule has 112 valence electrons. The van der Waals surface area contributed by atoms with Gasteiger partial charge in [0.2, 0.25) is 5.91 Å². The highest BCUT2D eigenvalue weighted by Crippen LogP contribution is 2.34. The Hall–Kier alpha value is -1.10. The summed E-state index contributed by atoms with van der Waals surface area (Å²) in [7, 11) is 0. The maximum atomic E-state index is 12.4. The van der Waals surface area contributed by atoms with Crippen LogP contribution in [0.4, 0.5) is 0 Å². The number of carbonyl (C=O) groups is 2. The molecule has 5 nitrogen and oxygen atoms in total. The largest absolute Gasteiger partial charge is 0.481 e. The van der Waals surface area contributed by atoms with E-state index in [0.717, 1.165) is 0 Å². The van der Waals surface area contributed by atoms with E-state index in [4.69, 9.17) is 5.73 Å². The van der Waals surface area contributed by atoms with Crippen molar-refractivity contribution in [1.82, 2.24) is 5.32 Å². The van der Waals surface area contributed by atoms with Crippen LogP contribution in [0, 0.1) is 10.8 Å². The Labute approximate surface area is 115 Å². The number of nitrogens with two attached hydrogens (primary N) is 1. The zero-order valence-corrected chi connectivity index (χ0v) is 13.3. The highest BCUT2D eigenvalue weighted by Gasteiger charge is 2.48. The van der Waals surface area contributed by atoms with Gasteiger partial charge in [-0.15, -0.1) is 0 Å². The van der Waals surface area contributed by atoms with Crippen molar-refractivity contribution in [3.8, 4) is 0 Å². The molecule has 19 heavy (non-hydrogen) atoms. The predicted molar refractivity (Wildman–Crippen MR) is 75.7 cm³/mol. The van der Waals surface area contributed by atoms with E-state index in [-0.39, 0.29) is 5.91 Å². The van der Waals surface area contributed by atoms with Gasteiger partial charge < -0.3 is 16.2 Å². The molecule has 0 aliphatic carbocycles. The molecule has 0 heterocycles. The Morgan fingerprint density at radius 3 is 1.53 bits per heavy atom. The van der Waals surface area contributed by atoms with Crippen LogP contribution >= 0.6 is 0 Å². The normalized spacial score (nSPS) is 14.2. The Morgan fingerprint density at radius 1 is 0.895 bits per heavy atom. The van der Waals surface area contributed by atoms with E-state index in [9.17, 15) is 14.7 Å². The lowest BCUT2D eigenvalue weighted by atomic mass is 9.71. The molecule has 5 heteroatoms. The van der Waals surface area contributed by atoms with Crippen molar-refractivity contribution < 1.29 is 14.7 Å². The van der Waals surface area contributed by atoms with Crippen molar-refractivity contribution in [3.63, 3.8) is 0 Å². The lowest BCUT2D eigenvalue weighted by Gasteiger charge is -2.44. The smallest absolute Gasteiger partial charge is 0.311 e. The Kier molecular flexibility index (Phi) is 4.50. The van der Waals surface area contributed by atoms with E-state index in [1.807, 2.05) is 0 Å². The molecule has 0 saturated carbocycles. The highest BCUT2D eigenvalue weighted by atomic mass is 16.4. The molecule has 0 aliphatic heterocycles. The third-order valence-electron chi connectivity index (χ3n) is 4.70. The molecule has 0 atom stereocenters. The average Bonchev–Trinajstić information content (AvgIpc) is 2.14. The molecule has 0 aliphatic rings. The van der Waals surface area contributed by atoms with Gasteiger partial charge in [0.05, 0.1) is 10.8 Å². The molecule has 0 aromatic heterocycles. The van der Waals surface area contributed by atoms with Crippen LogP contribution < -0.4 is 11.1 Å². The van der Waals surface area contributed by atoms with E-state index in [1.165, 1.54) is 0 Å². The standard InChI is InChI=1S/C14H28N2O3/c1-11(2,13(5,6)15)9(17)16-14(7,8)12(3,4)10(18)19/h15H2,1-8H3,(H,16,17)(H,18,19). The number of carboxylic acids is 1. The van der Waals surface area contributed by atoms with Gasteiger partial charge in [-0.25, -0.2) is 0 Å². The SMILES string of the molecule is CC(C)(N)C(C)(C)C(=O)NC(C)(C)C(C)(C)C(=O)O. The molecule has 4 N–H and O–H groups in total. The molecule has 1 amide bonds. The summed E-state index contributed by atoms with van der Waals surface area (Å²) < 4.78 is 0. The molecule has 0 aromatic rings. The number of carbonyl (C=O) groups excluding carboxylic acids is 1. The molecule has 0 fully saturated rings. The van der Waals surface area contributed by atoms with Crippen LogP contribution in [-0.4, -0.2) is 28.1 Å². The van der Waals surface area contributed by atoms with E-state index >= 15 is 0 Å². The van der Waals surface area contributed by atoms with Gasteiger partial charge in [-0.3, -0.25) is 9.59 Å². The first-order valence-electron chi connectivity index (χ1n) is 6.42. The van der Waals surface area contributed by atoms with Gasteiger partial charge in [-0.05, 0) is 55.4 Å². The van der Waals surface area contributed by atoms with Crippen molar-refractivity contribution in [2.24, 2.45) is 16.6 Å². The first-order chi connectivity index (χ1) is 8.07.